The number of benzene rings is 2. The summed E-state index contributed by atoms with van der Waals surface area (Å²) in [5.41, 5.74) is 0.873. The fourth-order valence-electron chi connectivity index (χ4n) is 1.70. The maximum atomic E-state index is 11.1. The lowest BCUT2D eigenvalue weighted by Crippen LogP contribution is -2.99. The van der Waals surface area contributed by atoms with Crippen LogP contribution in [-0.4, -0.2) is 10.4 Å². The van der Waals surface area contributed by atoms with Crippen LogP contribution in [0.5, 0.6) is 0 Å². The van der Waals surface area contributed by atoms with Crippen LogP contribution in [0.25, 0.3) is 0 Å². The van der Waals surface area contributed by atoms with E-state index in [0.29, 0.717) is 11.4 Å². The van der Waals surface area contributed by atoms with E-state index in [2.05, 4.69) is 5.32 Å². The van der Waals surface area contributed by atoms with Gasteiger partial charge in [-0.25, -0.2) is 10.4 Å². The first-order valence-electron chi connectivity index (χ1n) is 5.51. The van der Waals surface area contributed by atoms with Gasteiger partial charge in [0.05, 0.1) is 0 Å². The summed E-state index contributed by atoms with van der Waals surface area (Å²) in [4.78, 5) is 0. The van der Waals surface area contributed by atoms with Crippen LogP contribution in [0.2, 0.25) is 0 Å². The molecule has 0 aromatic heterocycles. The fourth-order valence-corrected chi connectivity index (χ4v) is 1.70. The minimum absolute atomic E-state index is 0.0858. The topological polar surface area (TPSA) is 107 Å². The first-order chi connectivity index (χ1) is 9.09. The molecule has 7 heteroatoms. The van der Waals surface area contributed by atoms with Crippen molar-refractivity contribution in [2.45, 2.75) is 0 Å². The molecule has 0 aliphatic carbocycles. The van der Waals surface area contributed by atoms with Crippen molar-refractivity contribution in [3.05, 3.63) is 58.9 Å². The zero-order valence-electron chi connectivity index (χ0n) is 9.83. The second-order valence-electron chi connectivity index (χ2n) is 3.83. The molecule has 7 nitrogen and oxygen atoms in total. The molecule has 19 heavy (non-hydrogen) atoms. The number of rotatable bonds is 4. The lowest BCUT2D eigenvalue weighted by atomic mass is 10.2. The van der Waals surface area contributed by atoms with Gasteiger partial charge in [-0.05, 0) is 12.1 Å². The average molecular weight is 263 g/mol. The van der Waals surface area contributed by atoms with Crippen molar-refractivity contribution in [1.29, 1.82) is 0 Å². The summed E-state index contributed by atoms with van der Waals surface area (Å²) in [6, 6.07) is 12.7. The largest absolute Gasteiger partial charge is 0.595 e. The molecule has 0 saturated heterocycles. The van der Waals surface area contributed by atoms with E-state index in [0.717, 1.165) is 0 Å². The highest BCUT2D eigenvalue weighted by molar-refractivity contribution is 5.74. The third-order valence-electron chi connectivity index (χ3n) is 2.58. The Labute approximate surface area is 109 Å². The van der Waals surface area contributed by atoms with E-state index in [4.69, 9.17) is 10.4 Å². The second kappa shape index (κ2) is 5.76. The van der Waals surface area contributed by atoms with E-state index in [1.807, 2.05) is 0 Å². The molecule has 0 saturated carbocycles. The van der Waals surface area contributed by atoms with Gasteiger partial charge in [0.2, 0.25) is 0 Å². The minimum Gasteiger partial charge on any atom is -0.595 e. The van der Waals surface area contributed by atoms with Crippen LogP contribution in [-0.2, 0) is 0 Å². The highest BCUT2D eigenvalue weighted by Crippen LogP contribution is 2.25. The van der Waals surface area contributed by atoms with E-state index in [9.17, 15) is 10.4 Å². The van der Waals surface area contributed by atoms with Gasteiger partial charge in [-0.15, -0.1) is 0 Å². The summed E-state index contributed by atoms with van der Waals surface area (Å²) in [6.45, 7) is 0. The number of hydrogen-bond acceptors (Lipinski definition) is 5. The molecule has 5 N–H and O–H groups in total. The Bertz CT molecular complexity index is 511. The maximum Gasteiger partial charge on any atom is 0.187 e. The molecule has 100 valence electrons. The average Bonchev–Trinajstić information content (AvgIpc) is 2.39. The molecule has 0 spiro atoms. The molecule has 2 aromatic carbocycles. The van der Waals surface area contributed by atoms with Crippen LogP contribution in [0.1, 0.15) is 0 Å². The van der Waals surface area contributed by atoms with E-state index in [1.165, 1.54) is 12.1 Å². The molecule has 0 heterocycles. The highest BCUT2D eigenvalue weighted by Gasteiger charge is 2.12. The zero-order valence-corrected chi connectivity index (χ0v) is 9.83. The van der Waals surface area contributed by atoms with Gasteiger partial charge in [0.25, 0.3) is 0 Å². The zero-order chi connectivity index (χ0) is 13.8. The normalized spacial score (nSPS) is 13.9. The molecular weight excluding hydrogens is 250 g/mol. The molecular formula is C12H13N3O4. The van der Waals surface area contributed by atoms with Gasteiger partial charge in [-0.2, -0.15) is 10.5 Å². The first kappa shape index (κ1) is 13.4. The van der Waals surface area contributed by atoms with Gasteiger partial charge in [0.15, 0.2) is 11.4 Å². The van der Waals surface area contributed by atoms with Crippen molar-refractivity contribution < 1.29 is 20.9 Å². The summed E-state index contributed by atoms with van der Waals surface area (Å²) in [7, 11) is 0. The third kappa shape index (κ3) is 3.06. The van der Waals surface area contributed by atoms with Gasteiger partial charge in [0, 0.05) is 12.1 Å². The van der Waals surface area contributed by atoms with Gasteiger partial charge in [-0.3, -0.25) is 0 Å². The van der Waals surface area contributed by atoms with E-state index < -0.39 is 10.5 Å². The van der Waals surface area contributed by atoms with E-state index in [-0.39, 0.29) is 11.4 Å². The van der Waals surface area contributed by atoms with Gasteiger partial charge >= 0.3 is 0 Å². The molecule has 0 aliphatic rings. The smallest absolute Gasteiger partial charge is 0.187 e. The quantitative estimate of drug-likeness (QED) is 0.508. The lowest BCUT2D eigenvalue weighted by molar-refractivity contribution is -0.991. The molecule has 0 amide bonds. The molecule has 0 fully saturated rings. The van der Waals surface area contributed by atoms with Gasteiger partial charge in [-0.1, -0.05) is 24.3 Å². The highest BCUT2D eigenvalue weighted by atomic mass is 16.8. The monoisotopic (exact) mass is 263 g/mol. The van der Waals surface area contributed by atoms with E-state index in [1.54, 1.807) is 36.4 Å². The molecule has 2 atom stereocenters. The number of hydrogen-bond donors (Lipinski definition) is 5. The summed E-state index contributed by atoms with van der Waals surface area (Å²) < 4.78 is 0. The third-order valence-corrected chi connectivity index (χ3v) is 2.58. The number of para-hydroxylation sites is 4. The predicted octanol–water partition coefficient (Wildman–Crippen LogP) is 0.237. The first-order valence-corrected chi connectivity index (χ1v) is 5.51. The Morgan fingerprint density at radius 2 is 1.11 bits per heavy atom. The van der Waals surface area contributed by atoms with Crippen LogP contribution >= 0.6 is 0 Å². The summed E-state index contributed by atoms with van der Waals surface area (Å²) >= 11 is 0. The van der Waals surface area contributed by atoms with E-state index >= 15 is 0 Å². The van der Waals surface area contributed by atoms with Crippen LogP contribution in [0.3, 0.4) is 0 Å². The standard InChI is InChI=1S/C12H13N3O4/c16-14(17)11-7-3-1-5-9(11)13-10-6-2-4-8-12(10)15(18)19/h1-8,13-16,18H. The second-order valence-corrected chi connectivity index (χ2v) is 3.83. The Hall–Kier alpha value is -2.00. The van der Waals surface area contributed by atoms with Crippen molar-refractivity contribution in [3.8, 4) is 0 Å². The molecule has 2 unspecified atom stereocenters. The van der Waals surface area contributed by atoms with Crippen LogP contribution < -0.4 is 15.8 Å². The van der Waals surface area contributed by atoms with Crippen molar-refractivity contribution in [3.63, 3.8) is 0 Å². The molecule has 2 aromatic rings. The number of nitrogens with one attached hydrogen (secondary N) is 3. The van der Waals surface area contributed by atoms with Crippen LogP contribution in [0.4, 0.5) is 22.7 Å². The van der Waals surface area contributed by atoms with Crippen LogP contribution in [0, 0.1) is 10.4 Å². The van der Waals surface area contributed by atoms with Crippen molar-refractivity contribution >= 4 is 22.7 Å². The van der Waals surface area contributed by atoms with Gasteiger partial charge < -0.3 is 15.7 Å². The maximum absolute atomic E-state index is 11.1. The fraction of sp³-hybridized carbons (Fsp3) is 0. The number of anilines is 2. The van der Waals surface area contributed by atoms with Crippen molar-refractivity contribution in [2.24, 2.45) is 0 Å². The Balaban J connectivity index is 2.37. The SMILES string of the molecule is [O-][NH+](O)c1ccccc1Nc1ccccc1[NH+]([O-])O. The summed E-state index contributed by atoms with van der Waals surface area (Å²) in [5.74, 6) is 0. The van der Waals surface area contributed by atoms with Crippen LogP contribution in [0.15, 0.2) is 48.5 Å². The molecule has 0 bridgehead atoms. The number of quaternary nitrogens is 2. The molecule has 2 rings (SSSR count). The summed E-state index contributed by atoms with van der Waals surface area (Å²) in [5, 5.41) is 41.0. The Morgan fingerprint density at radius 3 is 1.47 bits per heavy atom. The Kier molecular flexibility index (Phi) is 4.07. The molecule has 0 radical (unpaired) electrons. The lowest BCUT2D eigenvalue weighted by Gasteiger charge is -2.19. The minimum atomic E-state index is -1.07. The summed E-state index contributed by atoms with van der Waals surface area (Å²) in [6.07, 6.45) is 0. The Morgan fingerprint density at radius 1 is 0.737 bits per heavy atom. The van der Waals surface area contributed by atoms with Crippen molar-refractivity contribution in [2.75, 3.05) is 5.32 Å². The predicted molar refractivity (Wildman–Crippen MR) is 67.7 cm³/mol. The van der Waals surface area contributed by atoms with Crippen molar-refractivity contribution in [1.82, 2.24) is 0 Å². The molecule has 0 aliphatic heterocycles. The van der Waals surface area contributed by atoms with Gasteiger partial charge in [0.1, 0.15) is 11.4 Å².